The van der Waals surface area contributed by atoms with Crippen molar-refractivity contribution >= 4 is 96.7 Å². The second kappa shape index (κ2) is 15.5. The van der Waals surface area contributed by atoms with E-state index >= 15 is 35.1 Å². The van der Waals surface area contributed by atoms with Crippen molar-refractivity contribution in [2.75, 3.05) is 0 Å². The summed E-state index contributed by atoms with van der Waals surface area (Å²) in [5.74, 6) is -23.2. The van der Waals surface area contributed by atoms with Crippen LogP contribution in [0.1, 0.15) is 47.6 Å². The topological polar surface area (TPSA) is 155 Å². The second-order valence-electron chi connectivity index (χ2n) is 13.4. The van der Waals surface area contributed by atoms with Crippen LogP contribution in [0.3, 0.4) is 0 Å². The summed E-state index contributed by atoms with van der Waals surface area (Å²) in [4.78, 5) is -1.71. The van der Waals surface area contributed by atoms with Gasteiger partial charge in [-0.3, -0.25) is 0 Å². The first-order valence-corrected chi connectivity index (χ1v) is 25.6. The Morgan fingerprint density at radius 1 is 0.700 bits per heavy atom. The molecule has 0 radical (unpaired) electrons. The van der Waals surface area contributed by atoms with Crippen molar-refractivity contribution in [3.05, 3.63) is 105 Å². The zero-order valence-electron chi connectivity index (χ0n) is 29.4. The molecule has 6 rings (SSSR count). The molecule has 0 spiro atoms. The van der Waals surface area contributed by atoms with E-state index in [1.165, 1.54) is 6.92 Å². The Kier molecular flexibility index (Phi) is 11.9. The lowest BCUT2D eigenvalue weighted by Gasteiger charge is -2.37. The lowest BCUT2D eigenvalue weighted by atomic mass is 9.84. The minimum absolute atomic E-state index is 0.197. The van der Waals surface area contributed by atoms with Gasteiger partial charge < -0.3 is 9.47 Å². The maximum Gasteiger partial charge on any atom is 0.261 e. The molecule has 0 bridgehead atoms. The van der Waals surface area contributed by atoms with Crippen LogP contribution in [0.2, 0.25) is 0 Å². The SMILES string of the molecule is CC1c2cc(S(=O)(=O)Cl)cc(OC3(C)C(F)=C(F)C(c4c(F)c(F)c(Oc5cc(S(=O)(=O)Cl)cc6c5C=CC(S(=O)(=O)Cl)C6)c(F)c4F)=C(F)C3F)c2C=CC1S(=O)(=O)Cl. The van der Waals surface area contributed by atoms with E-state index in [9.17, 15) is 33.7 Å². The molecule has 3 aliphatic rings. The highest BCUT2D eigenvalue weighted by atomic mass is 35.7. The van der Waals surface area contributed by atoms with Crippen molar-refractivity contribution in [1.29, 1.82) is 0 Å². The van der Waals surface area contributed by atoms with E-state index in [1.54, 1.807) is 0 Å². The van der Waals surface area contributed by atoms with Crippen LogP contribution < -0.4 is 9.47 Å². The molecule has 60 heavy (non-hydrogen) atoms. The summed E-state index contributed by atoms with van der Waals surface area (Å²) < 4.78 is 235. The zero-order valence-corrected chi connectivity index (χ0v) is 35.7. The van der Waals surface area contributed by atoms with Crippen LogP contribution in [0.4, 0.5) is 35.1 Å². The van der Waals surface area contributed by atoms with Crippen LogP contribution in [0, 0.1) is 23.3 Å². The van der Waals surface area contributed by atoms with Crippen molar-refractivity contribution in [3.8, 4) is 17.2 Å². The number of halogens is 12. The Morgan fingerprint density at radius 2 is 1.23 bits per heavy atom. The van der Waals surface area contributed by atoms with Gasteiger partial charge >= 0.3 is 0 Å². The number of rotatable bonds is 9. The number of benzene rings is 3. The third-order valence-corrected chi connectivity index (χ3v) is 16.0. The fourth-order valence-electron chi connectivity index (χ4n) is 6.69. The molecule has 3 aliphatic carbocycles. The summed E-state index contributed by atoms with van der Waals surface area (Å²) >= 11 is 0. The maximum absolute atomic E-state index is 16.1. The van der Waals surface area contributed by atoms with E-state index in [0.29, 0.717) is 19.1 Å². The summed E-state index contributed by atoms with van der Waals surface area (Å²) in [6.45, 7) is 1.63. The summed E-state index contributed by atoms with van der Waals surface area (Å²) in [5, 5.41) is -2.96. The average molecular weight is 1010 g/mol. The number of fused-ring (bicyclic) bond motifs is 2. The molecule has 0 aliphatic heterocycles. The van der Waals surface area contributed by atoms with Crippen LogP contribution in [0.15, 0.2) is 63.7 Å². The molecule has 0 amide bonds. The summed E-state index contributed by atoms with van der Waals surface area (Å²) in [5.41, 5.74) is -9.15. The van der Waals surface area contributed by atoms with Crippen LogP contribution >= 0.6 is 42.7 Å². The van der Waals surface area contributed by atoms with Gasteiger partial charge in [0.1, 0.15) is 22.6 Å². The average Bonchev–Trinajstić information content (AvgIpc) is 3.13. The third kappa shape index (κ3) is 8.06. The van der Waals surface area contributed by atoms with Gasteiger partial charge in [-0.2, -0.15) is 8.78 Å². The van der Waals surface area contributed by atoms with Gasteiger partial charge in [0.05, 0.1) is 26.2 Å². The van der Waals surface area contributed by atoms with Crippen LogP contribution in [0.25, 0.3) is 17.7 Å². The minimum Gasteiger partial charge on any atom is -0.476 e. The molecule has 10 nitrogen and oxygen atoms in total. The number of hydrogen-bond acceptors (Lipinski definition) is 10. The zero-order chi connectivity index (χ0) is 45.0. The summed E-state index contributed by atoms with van der Waals surface area (Å²) in [7, 11) is 3.59. The first-order chi connectivity index (χ1) is 27.4. The smallest absolute Gasteiger partial charge is 0.261 e. The molecule has 3 aromatic rings. The normalized spacial score (nSPS) is 23.4. The van der Waals surface area contributed by atoms with Crippen LogP contribution in [-0.4, -0.2) is 55.9 Å². The first kappa shape index (κ1) is 46.1. The van der Waals surface area contributed by atoms with Crippen molar-refractivity contribution in [2.24, 2.45) is 0 Å². The molecule has 0 N–H and O–H groups in total. The number of alkyl halides is 1. The van der Waals surface area contributed by atoms with Gasteiger partial charge in [0.2, 0.25) is 35.5 Å². The van der Waals surface area contributed by atoms with Gasteiger partial charge in [-0.1, -0.05) is 31.2 Å². The van der Waals surface area contributed by atoms with Crippen molar-refractivity contribution in [2.45, 2.75) is 58.2 Å². The molecule has 0 heterocycles. The quantitative estimate of drug-likeness (QED) is 0.115. The highest BCUT2D eigenvalue weighted by Gasteiger charge is 2.53. The van der Waals surface area contributed by atoms with Gasteiger partial charge in [0.15, 0.2) is 35.1 Å². The Hall–Kier alpha value is -3.38. The van der Waals surface area contributed by atoms with E-state index in [4.69, 9.17) is 52.2 Å². The highest BCUT2D eigenvalue weighted by Crippen LogP contribution is 2.51. The summed E-state index contributed by atoms with van der Waals surface area (Å²) in [6, 6.07) is 2.82. The van der Waals surface area contributed by atoms with Gasteiger partial charge in [-0.25, -0.2) is 60.0 Å². The van der Waals surface area contributed by atoms with Crippen molar-refractivity contribution < 1.29 is 78.3 Å². The molecular weight excluding hydrogens is 990 g/mol. The lowest BCUT2D eigenvalue weighted by Crippen LogP contribution is -2.46. The fourth-order valence-corrected chi connectivity index (χ4v) is 10.8. The predicted molar refractivity (Wildman–Crippen MR) is 204 cm³/mol. The minimum atomic E-state index is -4.75. The number of ether oxygens (including phenoxy) is 2. The van der Waals surface area contributed by atoms with Gasteiger partial charge in [0, 0.05) is 71.9 Å². The summed E-state index contributed by atoms with van der Waals surface area (Å²) in [6.07, 6.45) is -0.321. The molecular formula is C34H20Cl4F8O10S4. The van der Waals surface area contributed by atoms with Gasteiger partial charge in [0.25, 0.3) is 18.1 Å². The van der Waals surface area contributed by atoms with Gasteiger partial charge in [-0.05, 0) is 36.6 Å². The second-order valence-corrected chi connectivity index (χ2v) is 24.2. The third-order valence-electron chi connectivity index (χ3n) is 9.73. The van der Waals surface area contributed by atoms with E-state index in [0.717, 1.165) is 36.4 Å². The van der Waals surface area contributed by atoms with E-state index in [2.05, 4.69) is 0 Å². The monoisotopic (exact) mass is 1010 g/mol. The van der Waals surface area contributed by atoms with Crippen molar-refractivity contribution in [3.63, 3.8) is 0 Å². The Morgan fingerprint density at radius 3 is 1.77 bits per heavy atom. The molecule has 0 saturated heterocycles. The van der Waals surface area contributed by atoms with E-state index < -0.39 is 150 Å². The molecule has 5 unspecified atom stereocenters. The largest absolute Gasteiger partial charge is 0.476 e. The fraction of sp³-hybridized carbons (Fsp3) is 0.235. The Balaban J connectivity index is 1.45. The molecule has 0 fully saturated rings. The molecule has 5 atom stereocenters. The maximum atomic E-state index is 16.1. The molecule has 3 aromatic carbocycles. The highest BCUT2D eigenvalue weighted by molar-refractivity contribution is 8.15. The van der Waals surface area contributed by atoms with E-state index in [1.807, 2.05) is 0 Å². The van der Waals surface area contributed by atoms with Crippen molar-refractivity contribution in [1.82, 2.24) is 0 Å². The Bertz CT molecular complexity index is 2990. The standard InChI is InChI=1S/C34H20Cl4F8O10S4/c1-12-19-9-16(59(37,51)52)11-21(18(19)5-6-22(12)60(38,53)54)56-34(2)32(45)27(41)24(28(42)33(34)46)23-25(39)29(43)31(30(44)26(23)40)55-20-10-15(58(36,49)50)8-13-7-14(57(35,47)48)3-4-17(13)20/h3-6,8-12,14,22,32H,7H2,1-2H3. The molecule has 0 aromatic heterocycles. The lowest BCUT2D eigenvalue weighted by molar-refractivity contribution is 0.0192. The first-order valence-electron chi connectivity index (χ1n) is 16.2. The predicted octanol–water partition coefficient (Wildman–Crippen LogP) is 9.48. The number of hydrogen-bond donors (Lipinski definition) is 0. The Labute approximate surface area is 353 Å². The molecule has 26 heteroatoms. The van der Waals surface area contributed by atoms with Crippen LogP contribution in [0.5, 0.6) is 17.2 Å². The number of allylic oxidation sites excluding steroid dienone is 2. The molecule has 0 saturated carbocycles. The van der Waals surface area contributed by atoms with Crippen LogP contribution in [-0.2, 0) is 42.6 Å². The van der Waals surface area contributed by atoms with E-state index in [-0.39, 0.29) is 22.3 Å². The molecule has 324 valence electrons. The van der Waals surface area contributed by atoms with Gasteiger partial charge in [-0.15, -0.1) is 0 Å².